The van der Waals surface area contributed by atoms with Crippen LogP contribution in [0.5, 0.6) is 0 Å². The van der Waals surface area contributed by atoms with E-state index in [0.29, 0.717) is 22.6 Å². The molecule has 0 unspecified atom stereocenters. The highest BCUT2D eigenvalue weighted by Crippen LogP contribution is 2.27. The van der Waals surface area contributed by atoms with E-state index in [2.05, 4.69) is 0 Å². The van der Waals surface area contributed by atoms with Gasteiger partial charge in [0.25, 0.3) is 5.78 Å². The van der Waals surface area contributed by atoms with Gasteiger partial charge in [-0.2, -0.15) is 0 Å². The van der Waals surface area contributed by atoms with Gasteiger partial charge >= 0.3 is 0 Å². The minimum absolute atomic E-state index is 0.0287. The highest BCUT2D eigenvalue weighted by atomic mass is 16.5. The summed E-state index contributed by atoms with van der Waals surface area (Å²) in [5.41, 5.74) is 1.43. The molecule has 0 aliphatic carbocycles. The second-order valence-corrected chi connectivity index (χ2v) is 5.19. The molecule has 0 N–H and O–H groups in total. The molecule has 0 bridgehead atoms. The largest absolute Gasteiger partial charge is 0.492 e. The first-order chi connectivity index (χ1) is 12.7. The number of Topliss-reactive ketones (excluding diaryl/α,β-unsaturated/α-hetero) is 1. The van der Waals surface area contributed by atoms with Gasteiger partial charge in [-0.15, -0.1) is 0 Å². The van der Waals surface area contributed by atoms with Crippen molar-refractivity contribution < 1.29 is 23.7 Å². The number of ether oxygens (including phenoxy) is 4. The van der Waals surface area contributed by atoms with Gasteiger partial charge in [0.1, 0.15) is 0 Å². The SMILES string of the molecule is COC(C(=O)C(OC)=C(OC)c1ccccc1)=C(OC)c1ccccc1. The van der Waals surface area contributed by atoms with Crippen LogP contribution in [0.1, 0.15) is 11.1 Å². The molecular weight excluding hydrogens is 332 g/mol. The number of ketones is 1. The van der Waals surface area contributed by atoms with Crippen molar-refractivity contribution in [2.45, 2.75) is 0 Å². The van der Waals surface area contributed by atoms with Crippen LogP contribution in [0.15, 0.2) is 72.2 Å². The van der Waals surface area contributed by atoms with E-state index in [4.69, 9.17) is 18.9 Å². The van der Waals surface area contributed by atoms with Crippen LogP contribution in [0.3, 0.4) is 0 Å². The average molecular weight is 354 g/mol. The van der Waals surface area contributed by atoms with E-state index in [1.807, 2.05) is 60.7 Å². The molecule has 2 rings (SSSR count). The number of benzene rings is 2. The second-order valence-electron chi connectivity index (χ2n) is 5.19. The Hall–Kier alpha value is -3.21. The summed E-state index contributed by atoms with van der Waals surface area (Å²) in [6.07, 6.45) is 0. The fourth-order valence-electron chi connectivity index (χ4n) is 2.54. The lowest BCUT2D eigenvalue weighted by atomic mass is 10.1. The molecule has 5 heteroatoms. The van der Waals surface area contributed by atoms with E-state index < -0.39 is 5.78 Å². The zero-order valence-corrected chi connectivity index (χ0v) is 15.3. The molecule has 136 valence electrons. The summed E-state index contributed by atoms with van der Waals surface area (Å²) < 4.78 is 21.6. The number of carbonyl (C=O) groups excluding carboxylic acids is 1. The molecule has 0 spiro atoms. The van der Waals surface area contributed by atoms with Gasteiger partial charge in [-0.1, -0.05) is 60.7 Å². The minimum atomic E-state index is -0.476. The smallest absolute Gasteiger partial charge is 0.269 e. The van der Waals surface area contributed by atoms with Crippen LogP contribution in [-0.4, -0.2) is 34.2 Å². The van der Waals surface area contributed by atoms with Gasteiger partial charge in [-0.05, 0) is 0 Å². The highest BCUT2D eigenvalue weighted by Gasteiger charge is 2.27. The number of carbonyl (C=O) groups is 1. The van der Waals surface area contributed by atoms with E-state index in [1.165, 1.54) is 28.4 Å². The summed E-state index contributed by atoms with van der Waals surface area (Å²) in [7, 11) is 5.80. The summed E-state index contributed by atoms with van der Waals surface area (Å²) in [4.78, 5) is 13.1. The maximum absolute atomic E-state index is 13.1. The Kier molecular flexibility index (Phi) is 6.85. The molecular formula is C21H22O5. The topological polar surface area (TPSA) is 54.0 Å². The molecule has 0 aliphatic heterocycles. The zero-order valence-electron chi connectivity index (χ0n) is 15.3. The third-order valence-electron chi connectivity index (χ3n) is 3.71. The molecule has 2 aromatic rings. The average Bonchev–Trinajstić information content (AvgIpc) is 2.70. The van der Waals surface area contributed by atoms with Crippen molar-refractivity contribution in [1.29, 1.82) is 0 Å². The van der Waals surface area contributed by atoms with Crippen LogP contribution in [-0.2, 0) is 23.7 Å². The fraction of sp³-hybridized carbons (Fsp3) is 0.190. The van der Waals surface area contributed by atoms with Crippen LogP contribution in [0.2, 0.25) is 0 Å². The van der Waals surface area contributed by atoms with Gasteiger partial charge in [0.15, 0.2) is 11.5 Å². The molecule has 0 aliphatic rings. The fourth-order valence-corrected chi connectivity index (χ4v) is 2.54. The summed E-state index contributed by atoms with van der Waals surface area (Å²) in [5, 5.41) is 0. The molecule has 0 heterocycles. The molecule has 0 radical (unpaired) electrons. The van der Waals surface area contributed by atoms with Crippen LogP contribution in [0.4, 0.5) is 0 Å². The number of hydrogen-bond acceptors (Lipinski definition) is 5. The lowest BCUT2D eigenvalue weighted by Gasteiger charge is -2.16. The maximum atomic E-state index is 13.1. The Labute approximate surface area is 153 Å². The van der Waals surface area contributed by atoms with Gasteiger partial charge < -0.3 is 18.9 Å². The quantitative estimate of drug-likeness (QED) is 0.532. The van der Waals surface area contributed by atoms with Crippen molar-refractivity contribution in [3.05, 3.63) is 83.3 Å². The predicted molar refractivity (Wildman–Crippen MR) is 99.8 cm³/mol. The van der Waals surface area contributed by atoms with Crippen molar-refractivity contribution in [3.63, 3.8) is 0 Å². The highest BCUT2D eigenvalue weighted by molar-refractivity contribution is 6.12. The first-order valence-corrected chi connectivity index (χ1v) is 7.97. The standard InChI is InChI=1S/C21H22O5/c1-23-18(15-11-7-5-8-12-15)20(25-3)17(22)21(26-4)19(24-2)16-13-9-6-10-14-16/h5-14H,1-4H3. The Morgan fingerprint density at radius 1 is 0.577 bits per heavy atom. The van der Waals surface area contributed by atoms with E-state index >= 15 is 0 Å². The van der Waals surface area contributed by atoms with Crippen LogP contribution in [0.25, 0.3) is 11.5 Å². The van der Waals surface area contributed by atoms with Crippen molar-refractivity contribution >= 4 is 17.3 Å². The lowest BCUT2D eigenvalue weighted by Crippen LogP contribution is -2.15. The first-order valence-electron chi connectivity index (χ1n) is 7.97. The summed E-state index contributed by atoms with van der Waals surface area (Å²) in [6, 6.07) is 18.5. The molecule has 0 aromatic heterocycles. The maximum Gasteiger partial charge on any atom is 0.269 e. The van der Waals surface area contributed by atoms with Crippen LogP contribution < -0.4 is 0 Å². The minimum Gasteiger partial charge on any atom is -0.492 e. The van der Waals surface area contributed by atoms with Gasteiger partial charge in [-0.25, -0.2) is 0 Å². The molecule has 0 saturated heterocycles. The van der Waals surface area contributed by atoms with E-state index in [9.17, 15) is 4.79 Å². The molecule has 26 heavy (non-hydrogen) atoms. The first kappa shape index (κ1) is 19.1. The molecule has 0 saturated carbocycles. The Morgan fingerprint density at radius 3 is 1.19 bits per heavy atom. The van der Waals surface area contributed by atoms with Crippen molar-refractivity contribution in [1.82, 2.24) is 0 Å². The number of hydrogen-bond donors (Lipinski definition) is 0. The molecule has 0 atom stereocenters. The van der Waals surface area contributed by atoms with E-state index in [-0.39, 0.29) is 11.5 Å². The molecule has 5 nitrogen and oxygen atoms in total. The lowest BCUT2D eigenvalue weighted by molar-refractivity contribution is -0.118. The van der Waals surface area contributed by atoms with Crippen molar-refractivity contribution in [2.75, 3.05) is 28.4 Å². The molecule has 2 aromatic carbocycles. The zero-order chi connectivity index (χ0) is 18.9. The summed E-state index contributed by atoms with van der Waals surface area (Å²) in [6.45, 7) is 0. The second kappa shape index (κ2) is 9.32. The van der Waals surface area contributed by atoms with Gasteiger partial charge in [0, 0.05) is 11.1 Å². The van der Waals surface area contributed by atoms with Gasteiger partial charge in [0.05, 0.1) is 28.4 Å². The predicted octanol–water partition coefficient (Wildman–Crippen LogP) is 3.88. The van der Waals surface area contributed by atoms with Crippen molar-refractivity contribution in [2.24, 2.45) is 0 Å². The van der Waals surface area contributed by atoms with Crippen LogP contribution >= 0.6 is 0 Å². The van der Waals surface area contributed by atoms with E-state index in [0.717, 1.165) is 0 Å². The van der Waals surface area contributed by atoms with Gasteiger partial charge in [0.2, 0.25) is 11.5 Å². The normalized spacial score (nSPS) is 12.5. The summed E-state index contributed by atoms with van der Waals surface area (Å²) >= 11 is 0. The molecule has 0 amide bonds. The van der Waals surface area contributed by atoms with Gasteiger partial charge in [-0.3, -0.25) is 4.79 Å². The third kappa shape index (κ3) is 4.06. The Balaban J connectivity index is 2.60. The monoisotopic (exact) mass is 354 g/mol. The number of methoxy groups -OCH3 is 4. The van der Waals surface area contributed by atoms with Crippen LogP contribution in [0, 0.1) is 0 Å². The Bertz CT molecular complexity index is 724. The third-order valence-corrected chi connectivity index (χ3v) is 3.71. The van der Waals surface area contributed by atoms with E-state index in [1.54, 1.807) is 0 Å². The summed E-state index contributed by atoms with van der Waals surface area (Å²) in [5.74, 6) is 0.214. The molecule has 0 fully saturated rings. The Morgan fingerprint density at radius 2 is 0.923 bits per heavy atom. The van der Waals surface area contributed by atoms with Crippen molar-refractivity contribution in [3.8, 4) is 0 Å². The number of rotatable bonds is 8.